The van der Waals surface area contributed by atoms with E-state index in [1.807, 2.05) is 0 Å². The van der Waals surface area contributed by atoms with Gasteiger partial charge in [0.2, 0.25) is 5.91 Å². The van der Waals surface area contributed by atoms with Crippen LogP contribution in [0.3, 0.4) is 0 Å². The molecule has 0 saturated carbocycles. The molecule has 1 N–H and O–H groups in total. The largest absolute Gasteiger partial charge is 0.475 e. The number of Topliss-reactive ketones (excluding diaryl/α,β-unsaturated/α-hetero) is 1. The van der Waals surface area contributed by atoms with Crippen molar-refractivity contribution in [3.63, 3.8) is 0 Å². The third-order valence-electron chi connectivity index (χ3n) is 4.05. The molecule has 1 aliphatic heterocycles. The standard InChI is InChI=1S/C17H30NO8P/c1-16(2,3)12(19)8-10-24-27(22)25-11-17(4,5)14(26-27)15(21)18-9-7-13(20)23-6/h14H,7-11H2,1-6H3,(H,18,21)/t14-,27?/m0/s1. The number of phosphoric acid groups is 1. The maximum atomic E-state index is 12.7. The number of methoxy groups -OCH3 is 1. The van der Waals surface area contributed by atoms with Crippen LogP contribution in [0.4, 0.5) is 0 Å². The van der Waals surface area contributed by atoms with Gasteiger partial charge in [-0.3, -0.25) is 28.0 Å². The fraction of sp³-hybridized carbons (Fsp3) is 0.824. The highest BCUT2D eigenvalue weighted by atomic mass is 31.2. The maximum absolute atomic E-state index is 12.7. The maximum Gasteiger partial charge on any atom is 0.475 e. The average Bonchev–Trinajstić information content (AvgIpc) is 2.56. The zero-order chi connectivity index (χ0) is 20.9. The highest BCUT2D eigenvalue weighted by molar-refractivity contribution is 7.48. The summed E-state index contributed by atoms with van der Waals surface area (Å²) < 4.78 is 33.0. The Morgan fingerprint density at radius 1 is 1.22 bits per heavy atom. The predicted octanol–water partition coefficient (Wildman–Crippen LogP) is 2.24. The van der Waals surface area contributed by atoms with Crippen molar-refractivity contribution in [2.45, 2.75) is 53.6 Å². The highest BCUT2D eigenvalue weighted by Gasteiger charge is 2.49. The highest BCUT2D eigenvalue weighted by Crippen LogP contribution is 2.57. The van der Waals surface area contributed by atoms with Crippen LogP contribution in [0.1, 0.15) is 47.5 Å². The minimum absolute atomic E-state index is 0.00889. The molecule has 1 aliphatic rings. The molecule has 0 aromatic rings. The lowest BCUT2D eigenvalue weighted by Crippen LogP contribution is -2.50. The van der Waals surface area contributed by atoms with E-state index in [9.17, 15) is 18.9 Å². The van der Waals surface area contributed by atoms with E-state index in [0.29, 0.717) is 0 Å². The van der Waals surface area contributed by atoms with Crippen molar-refractivity contribution >= 4 is 25.5 Å². The molecular weight excluding hydrogens is 377 g/mol. The molecule has 1 saturated heterocycles. The monoisotopic (exact) mass is 407 g/mol. The van der Waals surface area contributed by atoms with Crippen molar-refractivity contribution in [1.82, 2.24) is 5.32 Å². The van der Waals surface area contributed by atoms with Crippen molar-refractivity contribution in [3.8, 4) is 0 Å². The van der Waals surface area contributed by atoms with Crippen molar-refractivity contribution in [2.75, 3.05) is 26.9 Å². The minimum Gasteiger partial charge on any atom is -0.469 e. The Morgan fingerprint density at radius 2 is 1.85 bits per heavy atom. The van der Waals surface area contributed by atoms with Crippen LogP contribution < -0.4 is 5.32 Å². The van der Waals surface area contributed by atoms with Gasteiger partial charge in [-0.15, -0.1) is 0 Å². The van der Waals surface area contributed by atoms with Gasteiger partial charge in [-0.05, 0) is 0 Å². The number of ketones is 1. The number of rotatable bonds is 8. The van der Waals surface area contributed by atoms with Gasteiger partial charge < -0.3 is 10.1 Å². The van der Waals surface area contributed by atoms with E-state index >= 15 is 0 Å². The van der Waals surface area contributed by atoms with Crippen molar-refractivity contribution in [1.29, 1.82) is 0 Å². The summed E-state index contributed by atoms with van der Waals surface area (Å²) in [5.74, 6) is -1.04. The predicted molar refractivity (Wildman–Crippen MR) is 96.9 cm³/mol. The Kier molecular flexibility index (Phi) is 8.16. The van der Waals surface area contributed by atoms with Gasteiger partial charge in [0.25, 0.3) is 0 Å². The van der Waals surface area contributed by atoms with Gasteiger partial charge >= 0.3 is 13.8 Å². The van der Waals surface area contributed by atoms with E-state index in [4.69, 9.17) is 13.6 Å². The van der Waals surface area contributed by atoms with Crippen LogP contribution in [0.5, 0.6) is 0 Å². The zero-order valence-electron chi connectivity index (χ0n) is 16.8. The van der Waals surface area contributed by atoms with Crippen molar-refractivity contribution < 1.29 is 37.3 Å². The second kappa shape index (κ2) is 9.28. The number of esters is 1. The molecule has 156 valence electrons. The lowest BCUT2D eigenvalue weighted by atomic mass is 9.87. The minimum atomic E-state index is -3.97. The second-order valence-electron chi connectivity index (χ2n) is 8.07. The smallest absolute Gasteiger partial charge is 0.469 e. The summed E-state index contributed by atoms with van der Waals surface area (Å²) in [5.41, 5.74) is -1.29. The lowest BCUT2D eigenvalue weighted by Gasteiger charge is -2.39. The molecule has 1 fully saturated rings. The first-order chi connectivity index (χ1) is 12.3. The molecule has 0 bridgehead atoms. The van der Waals surface area contributed by atoms with E-state index in [1.54, 1.807) is 34.6 Å². The van der Waals surface area contributed by atoms with Crippen LogP contribution in [-0.4, -0.2) is 50.6 Å². The Morgan fingerprint density at radius 3 is 2.41 bits per heavy atom. The number of nitrogens with one attached hydrogen (secondary N) is 1. The van der Waals surface area contributed by atoms with Crippen molar-refractivity contribution in [3.05, 3.63) is 0 Å². The third kappa shape index (κ3) is 7.33. The van der Waals surface area contributed by atoms with E-state index in [0.717, 1.165) is 0 Å². The van der Waals surface area contributed by atoms with Crippen molar-refractivity contribution in [2.24, 2.45) is 10.8 Å². The molecule has 0 aromatic heterocycles. The number of carbonyl (C=O) groups excluding carboxylic acids is 3. The fourth-order valence-corrected chi connectivity index (χ4v) is 3.84. The quantitative estimate of drug-likeness (QED) is 0.481. The number of phosphoric ester groups is 1. The molecule has 2 atom stereocenters. The number of amides is 1. The van der Waals surface area contributed by atoms with Crippen LogP contribution in [0.25, 0.3) is 0 Å². The molecule has 1 heterocycles. The molecule has 0 aromatic carbocycles. The third-order valence-corrected chi connectivity index (χ3v) is 5.46. The topological polar surface area (TPSA) is 117 Å². The summed E-state index contributed by atoms with van der Waals surface area (Å²) in [5, 5.41) is 2.55. The van der Waals surface area contributed by atoms with Gasteiger partial charge in [0.15, 0.2) is 6.10 Å². The van der Waals surface area contributed by atoms with Crippen LogP contribution >= 0.6 is 7.82 Å². The first-order valence-electron chi connectivity index (χ1n) is 8.76. The molecule has 27 heavy (non-hydrogen) atoms. The number of hydrogen-bond acceptors (Lipinski definition) is 8. The normalized spacial score (nSPS) is 24.9. The molecule has 1 rings (SSSR count). The molecule has 1 unspecified atom stereocenters. The van der Waals surface area contributed by atoms with Gasteiger partial charge in [-0.2, -0.15) is 0 Å². The van der Waals surface area contributed by atoms with E-state index in [1.165, 1.54) is 7.11 Å². The Hall–Kier alpha value is -1.28. The lowest BCUT2D eigenvalue weighted by molar-refractivity contribution is -0.143. The summed E-state index contributed by atoms with van der Waals surface area (Å²) in [7, 11) is -2.72. The summed E-state index contributed by atoms with van der Waals surface area (Å²) in [4.78, 5) is 35.5. The van der Waals surface area contributed by atoms with E-state index in [-0.39, 0.29) is 38.4 Å². The molecule has 0 spiro atoms. The fourth-order valence-electron chi connectivity index (χ4n) is 2.20. The number of hydrogen-bond donors (Lipinski definition) is 1. The second-order valence-corrected chi connectivity index (χ2v) is 9.69. The van der Waals surface area contributed by atoms with Crippen LogP contribution in [0.2, 0.25) is 0 Å². The summed E-state index contributed by atoms with van der Waals surface area (Å²) >= 11 is 0. The van der Waals surface area contributed by atoms with E-state index in [2.05, 4.69) is 10.1 Å². The van der Waals surface area contributed by atoms with Gasteiger partial charge in [0.05, 0.1) is 26.7 Å². The summed E-state index contributed by atoms with van der Waals surface area (Å²) in [6.45, 7) is 8.70. The molecular formula is C17H30NO8P. The van der Waals surface area contributed by atoms with Crippen LogP contribution in [-0.2, 0) is 37.3 Å². The SMILES string of the molecule is COC(=O)CCNC(=O)[C@@H]1OP(=O)(OCCC(=O)C(C)(C)C)OCC1(C)C. The van der Waals surface area contributed by atoms with Gasteiger partial charge in [0.1, 0.15) is 5.78 Å². The molecule has 0 radical (unpaired) electrons. The Bertz CT molecular complexity index is 611. The van der Waals surface area contributed by atoms with E-state index < -0.39 is 36.6 Å². The van der Waals surface area contributed by atoms with Crippen LogP contribution in [0.15, 0.2) is 0 Å². The Labute approximate surface area is 160 Å². The van der Waals surface area contributed by atoms with Gasteiger partial charge in [-0.1, -0.05) is 34.6 Å². The molecule has 9 nitrogen and oxygen atoms in total. The first kappa shape index (κ1) is 23.8. The molecule has 1 amide bonds. The van der Waals surface area contributed by atoms with Gasteiger partial charge in [0, 0.05) is 23.8 Å². The van der Waals surface area contributed by atoms with Gasteiger partial charge in [-0.25, -0.2) is 4.57 Å². The average molecular weight is 407 g/mol. The summed E-state index contributed by atoms with van der Waals surface area (Å²) in [6, 6.07) is 0. The van der Waals surface area contributed by atoms with Crippen LogP contribution in [0, 0.1) is 10.8 Å². The summed E-state index contributed by atoms with van der Waals surface area (Å²) in [6.07, 6.45) is -1.03. The molecule has 10 heteroatoms. The number of carbonyl (C=O) groups is 3. The molecule has 0 aliphatic carbocycles. The first-order valence-corrected chi connectivity index (χ1v) is 10.2. The zero-order valence-corrected chi connectivity index (χ0v) is 17.7. The number of ether oxygens (including phenoxy) is 1. The Balaban J connectivity index is 2.65.